The normalized spacial score (nSPS) is 10.9. The van der Waals surface area contributed by atoms with E-state index >= 15 is 0 Å². The van der Waals surface area contributed by atoms with Gasteiger partial charge in [0.1, 0.15) is 0 Å². The van der Waals surface area contributed by atoms with E-state index < -0.39 is 0 Å². The van der Waals surface area contributed by atoms with Crippen molar-refractivity contribution < 1.29 is 14.9 Å². The number of para-hydroxylation sites is 1. The zero-order chi connectivity index (χ0) is 14.8. The highest BCUT2D eigenvalue weighted by Crippen LogP contribution is 2.36. The van der Waals surface area contributed by atoms with Crippen LogP contribution in [0.3, 0.4) is 0 Å². The molecule has 0 aliphatic heterocycles. The molecule has 0 atom stereocenters. The van der Waals surface area contributed by atoms with Crippen molar-refractivity contribution in [3.63, 3.8) is 0 Å². The molecule has 1 aromatic rings. The maximum Gasteiger partial charge on any atom is 0.200 e. The Bertz CT molecular complexity index is 366. The van der Waals surface area contributed by atoms with Crippen molar-refractivity contribution in [2.45, 2.75) is 71.3 Å². The number of hydrogen-bond acceptors (Lipinski definition) is 3. The lowest BCUT2D eigenvalue weighted by molar-refractivity contribution is 0.166. The quantitative estimate of drug-likeness (QED) is 0.468. The molecule has 1 rings (SSSR count). The highest BCUT2D eigenvalue weighted by molar-refractivity contribution is 5.48. The first kappa shape index (κ1) is 16.7. The minimum atomic E-state index is -0.150. The van der Waals surface area contributed by atoms with Crippen LogP contribution >= 0.6 is 0 Å². The first-order valence-electron chi connectivity index (χ1n) is 7.86. The van der Waals surface area contributed by atoms with Crippen molar-refractivity contribution in [2.24, 2.45) is 0 Å². The summed E-state index contributed by atoms with van der Waals surface area (Å²) in [5.41, 5.74) is 0. The summed E-state index contributed by atoms with van der Waals surface area (Å²) in [5.74, 6) is 0.120. The minimum Gasteiger partial charge on any atom is -0.504 e. The molecule has 0 aromatic heterocycles. The van der Waals surface area contributed by atoms with E-state index in [4.69, 9.17) is 4.74 Å². The molecule has 0 saturated carbocycles. The van der Waals surface area contributed by atoms with Crippen molar-refractivity contribution in [1.29, 1.82) is 0 Å². The standard InChI is InChI=1S/C17H28O3/c1-3-5-7-10-14(11-8-6-4-2)20-16-13-9-12-15(18)17(16)19/h9,12-14,18-19H,3-8,10-11H2,1-2H3. The topological polar surface area (TPSA) is 49.7 Å². The Morgan fingerprint density at radius 1 is 0.950 bits per heavy atom. The first-order chi connectivity index (χ1) is 9.69. The van der Waals surface area contributed by atoms with Gasteiger partial charge >= 0.3 is 0 Å². The van der Waals surface area contributed by atoms with Crippen molar-refractivity contribution >= 4 is 0 Å². The second-order valence-electron chi connectivity index (χ2n) is 5.36. The summed E-state index contributed by atoms with van der Waals surface area (Å²) in [4.78, 5) is 0. The molecule has 3 heteroatoms. The molecular formula is C17H28O3. The van der Waals surface area contributed by atoms with Crippen LogP contribution in [0, 0.1) is 0 Å². The summed E-state index contributed by atoms with van der Waals surface area (Å²) in [6.07, 6.45) is 9.23. The summed E-state index contributed by atoms with van der Waals surface area (Å²) in [7, 11) is 0. The van der Waals surface area contributed by atoms with Gasteiger partial charge in [-0.15, -0.1) is 0 Å². The Morgan fingerprint density at radius 2 is 1.55 bits per heavy atom. The minimum absolute atomic E-state index is 0.122. The van der Waals surface area contributed by atoms with Gasteiger partial charge in [-0.3, -0.25) is 0 Å². The Balaban J connectivity index is 2.59. The summed E-state index contributed by atoms with van der Waals surface area (Å²) in [6, 6.07) is 4.87. The Labute approximate surface area is 122 Å². The van der Waals surface area contributed by atoms with Crippen LogP contribution in [-0.2, 0) is 0 Å². The monoisotopic (exact) mass is 280 g/mol. The van der Waals surface area contributed by atoms with Crippen LogP contribution in [0.25, 0.3) is 0 Å². The number of phenolic OH excluding ortho intramolecular Hbond substituents is 2. The molecule has 2 N–H and O–H groups in total. The van der Waals surface area contributed by atoms with Crippen LogP contribution in [0.4, 0.5) is 0 Å². The Hall–Kier alpha value is -1.38. The van der Waals surface area contributed by atoms with Gasteiger partial charge in [0.25, 0.3) is 0 Å². The number of phenols is 2. The van der Waals surface area contributed by atoms with Crippen molar-refractivity contribution in [3.8, 4) is 17.2 Å². The third-order valence-corrected chi connectivity index (χ3v) is 3.53. The molecule has 0 saturated heterocycles. The molecule has 0 amide bonds. The van der Waals surface area contributed by atoms with E-state index in [0.717, 1.165) is 25.7 Å². The van der Waals surface area contributed by atoms with Gasteiger partial charge in [-0.05, 0) is 37.8 Å². The number of aromatic hydroxyl groups is 2. The second-order valence-corrected chi connectivity index (χ2v) is 5.36. The van der Waals surface area contributed by atoms with Crippen LogP contribution < -0.4 is 4.74 Å². The summed E-state index contributed by atoms with van der Waals surface area (Å²) in [5, 5.41) is 19.3. The van der Waals surface area contributed by atoms with E-state index in [-0.39, 0.29) is 17.6 Å². The average Bonchev–Trinajstić information content (AvgIpc) is 2.44. The molecule has 0 unspecified atom stereocenters. The SMILES string of the molecule is CCCCCC(CCCCC)Oc1cccc(O)c1O. The van der Waals surface area contributed by atoms with E-state index in [1.54, 1.807) is 12.1 Å². The highest BCUT2D eigenvalue weighted by atomic mass is 16.5. The third-order valence-electron chi connectivity index (χ3n) is 3.53. The van der Waals surface area contributed by atoms with Gasteiger partial charge in [0, 0.05) is 0 Å². The Morgan fingerprint density at radius 3 is 2.10 bits per heavy atom. The highest BCUT2D eigenvalue weighted by Gasteiger charge is 2.14. The molecule has 0 spiro atoms. The van der Waals surface area contributed by atoms with E-state index in [1.165, 1.54) is 31.7 Å². The smallest absolute Gasteiger partial charge is 0.200 e. The van der Waals surface area contributed by atoms with Gasteiger partial charge in [0.05, 0.1) is 6.10 Å². The van der Waals surface area contributed by atoms with Gasteiger partial charge in [-0.25, -0.2) is 0 Å². The average molecular weight is 280 g/mol. The predicted octanol–water partition coefficient (Wildman–Crippen LogP) is 5.01. The van der Waals surface area contributed by atoms with Gasteiger partial charge in [-0.1, -0.05) is 45.6 Å². The van der Waals surface area contributed by atoms with Gasteiger partial charge < -0.3 is 14.9 Å². The maximum atomic E-state index is 9.81. The van der Waals surface area contributed by atoms with E-state index in [2.05, 4.69) is 13.8 Å². The number of unbranched alkanes of at least 4 members (excludes halogenated alkanes) is 4. The summed E-state index contributed by atoms with van der Waals surface area (Å²) >= 11 is 0. The number of benzene rings is 1. The molecular weight excluding hydrogens is 252 g/mol. The zero-order valence-electron chi connectivity index (χ0n) is 12.8. The third kappa shape index (κ3) is 5.72. The van der Waals surface area contributed by atoms with Crippen LogP contribution in [0.1, 0.15) is 65.2 Å². The van der Waals surface area contributed by atoms with Crippen molar-refractivity contribution in [3.05, 3.63) is 18.2 Å². The van der Waals surface area contributed by atoms with E-state index in [9.17, 15) is 10.2 Å². The van der Waals surface area contributed by atoms with Crippen LogP contribution in [0.15, 0.2) is 18.2 Å². The fraction of sp³-hybridized carbons (Fsp3) is 0.647. The van der Waals surface area contributed by atoms with Gasteiger partial charge in [0.2, 0.25) is 5.75 Å². The van der Waals surface area contributed by atoms with Gasteiger partial charge in [-0.2, -0.15) is 0 Å². The van der Waals surface area contributed by atoms with Crippen molar-refractivity contribution in [1.82, 2.24) is 0 Å². The number of hydrogen-bond donors (Lipinski definition) is 2. The molecule has 0 radical (unpaired) electrons. The first-order valence-corrected chi connectivity index (χ1v) is 7.86. The number of ether oxygens (including phenoxy) is 1. The zero-order valence-corrected chi connectivity index (χ0v) is 12.8. The van der Waals surface area contributed by atoms with Crippen LogP contribution in [0.2, 0.25) is 0 Å². The van der Waals surface area contributed by atoms with E-state index in [1.807, 2.05) is 0 Å². The molecule has 0 heterocycles. The van der Waals surface area contributed by atoms with Gasteiger partial charge in [0.15, 0.2) is 11.5 Å². The molecule has 0 bridgehead atoms. The molecule has 114 valence electrons. The number of rotatable bonds is 10. The lowest BCUT2D eigenvalue weighted by atomic mass is 10.0. The molecule has 0 aliphatic rings. The molecule has 20 heavy (non-hydrogen) atoms. The fourth-order valence-electron chi connectivity index (χ4n) is 2.29. The lowest BCUT2D eigenvalue weighted by Gasteiger charge is -2.20. The molecule has 1 aromatic carbocycles. The maximum absolute atomic E-state index is 9.81. The predicted molar refractivity (Wildman–Crippen MR) is 82.5 cm³/mol. The molecule has 3 nitrogen and oxygen atoms in total. The largest absolute Gasteiger partial charge is 0.504 e. The lowest BCUT2D eigenvalue weighted by Crippen LogP contribution is -2.16. The van der Waals surface area contributed by atoms with Crippen molar-refractivity contribution in [2.75, 3.05) is 0 Å². The molecule has 0 aliphatic carbocycles. The molecule has 0 fully saturated rings. The summed E-state index contributed by atoms with van der Waals surface area (Å²) < 4.78 is 5.91. The Kier molecular flexibility index (Phi) is 7.93. The fourth-order valence-corrected chi connectivity index (χ4v) is 2.29. The van der Waals surface area contributed by atoms with Crippen LogP contribution in [-0.4, -0.2) is 16.3 Å². The second kappa shape index (κ2) is 9.51. The van der Waals surface area contributed by atoms with E-state index in [0.29, 0.717) is 5.75 Å². The summed E-state index contributed by atoms with van der Waals surface area (Å²) in [6.45, 7) is 4.38. The van der Waals surface area contributed by atoms with Crippen LogP contribution in [0.5, 0.6) is 17.2 Å².